The van der Waals surface area contributed by atoms with Gasteiger partial charge in [-0.05, 0) is 18.2 Å². The monoisotopic (exact) mass is 242 g/mol. The van der Waals surface area contributed by atoms with E-state index in [0.29, 0.717) is 11.5 Å². The summed E-state index contributed by atoms with van der Waals surface area (Å²) in [7, 11) is 0. The Hall–Kier alpha value is -1.95. The fraction of sp³-hybridized carbons (Fsp3) is 0.111. The van der Waals surface area contributed by atoms with E-state index in [4.69, 9.17) is 5.73 Å². The van der Waals surface area contributed by atoms with Gasteiger partial charge in [0.2, 0.25) is 0 Å². The molecule has 2 rings (SSSR count). The number of aromatic hydroxyl groups is 1. The third kappa shape index (κ3) is 2.34. The van der Waals surface area contributed by atoms with Crippen molar-refractivity contribution in [3.05, 3.63) is 23.8 Å². The Bertz CT molecular complexity index is 447. The molecule has 0 aliphatic carbocycles. The van der Waals surface area contributed by atoms with Gasteiger partial charge in [0.1, 0.15) is 5.75 Å². The maximum absolute atomic E-state index is 10.8. The van der Waals surface area contributed by atoms with E-state index in [1.54, 1.807) is 12.1 Å². The Morgan fingerprint density at radius 3 is 2.69 bits per heavy atom. The molecule has 0 radical (unpaired) electrons. The normalized spacial score (nSPS) is 14.2. The molecule has 7 heteroatoms. The summed E-state index contributed by atoms with van der Waals surface area (Å²) >= 11 is 0. The summed E-state index contributed by atoms with van der Waals surface area (Å²) in [6.07, 6.45) is 0. The number of amidine groups is 1. The lowest BCUT2D eigenvalue weighted by atomic mass is 10.1. The quantitative estimate of drug-likeness (QED) is 0.250. The van der Waals surface area contributed by atoms with Gasteiger partial charge in [0.15, 0.2) is 6.54 Å². The van der Waals surface area contributed by atoms with Crippen molar-refractivity contribution in [3.8, 4) is 5.75 Å². The molecule has 0 saturated heterocycles. The number of anilines is 1. The molecule has 1 aliphatic heterocycles. The van der Waals surface area contributed by atoms with E-state index in [2.05, 4.69) is 15.8 Å². The van der Waals surface area contributed by atoms with Crippen LogP contribution in [-0.4, -0.2) is 23.4 Å². The lowest BCUT2D eigenvalue weighted by molar-refractivity contribution is -0.450. The SMILES string of the molecule is Nc1cc(C2=[NH+]CC(=O)NN2)ccc1O.[Cl-]. The number of hydrogen-bond donors (Lipinski definition) is 5. The van der Waals surface area contributed by atoms with Crippen LogP contribution in [0.4, 0.5) is 5.69 Å². The van der Waals surface area contributed by atoms with E-state index in [-0.39, 0.29) is 30.6 Å². The van der Waals surface area contributed by atoms with Crippen LogP contribution in [0, 0.1) is 0 Å². The molecule has 0 saturated carbocycles. The minimum absolute atomic E-state index is 0. The summed E-state index contributed by atoms with van der Waals surface area (Å²) in [6.45, 7) is 0.211. The predicted octanol–water partition coefficient (Wildman–Crippen LogP) is -5.56. The number of nitrogen functional groups attached to an aromatic ring is 1. The van der Waals surface area contributed by atoms with Crippen LogP contribution in [0.5, 0.6) is 5.75 Å². The van der Waals surface area contributed by atoms with Gasteiger partial charge in [0.25, 0.3) is 11.7 Å². The maximum atomic E-state index is 10.8. The van der Waals surface area contributed by atoms with Crippen LogP contribution in [-0.2, 0) is 4.79 Å². The highest BCUT2D eigenvalue weighted by Gasteiger charge is 2.18. The summed E-state index contributed by atoms with van der Waals surface area (Å²) in [5.41, 5.74) is 11.8. The second kappa shape index (κ2) is 4.71. The Morgan fingerprint density at radius 1 is 1.38 bits per heavy atom. The first kappa shape index (κ1) is 12.1. The highest BCUT2D eigenvalue weighted by Crippen LogP contribution is 2.19. The Morgan fingerprint density at radius 2 is 2.12 bits per heavy atom. The standard InChI is InChI=1S/C9H10N4O2.ClH/c10-6-3-5(1-2-7(6)14)9-11-4-8(15)12-13-9;/h1-3,14H,4,10H2,(H,11,13)(H,12,15);1H. The highest BCUT2D eigenvalue weighted by molar-refractivity contribution is 5.98. The number of carbonyl (C=O) groups is 1. The van der Waals surface area contributed by atoms with Crippen LogP contribution in [0.25, 0.3) is 0 Å². The van der Waals surface area contributed by atoms with Gasteiger partial charge in [-0.15, -0.1) is 0 Å². The molecule has 16 heavy (non-hydrogen) atoms. The second-order valence-electron chi connectivity index (χ2n) is 3.18. The minimum Gasteiger partial charge on any atom is -1.00 e. The fourth-order valence-electron chi connectivity index (χ4n) is 1.27. The number of phenolic OH excluding ortho intramolecular Hbond substituents is 1. The Balaban J connectivity index is 0.00000128. The van der Waals surface area contributed by atoms with Crippen molar-refractivity contribution in [2.75, 3.05) is 12.3 Å². The van der Waals surface area contributed by atoms with Crippen LogP contribution >= 0.6 is 0 Å². The lowest BCUT2D eigenvalue weighted by Crippen LogP contribution is -3.00. The Kier molecular flexibility index (Phi) is 3.57. The molecule has 0 fully saturated rings. The Labute approximate surface area is 97.9 Å². The van der Waals surface area contributed by atoms with E-state index in [1.165, 1.54) is 6.07 Å². The van der Waals surface area contributed by atoms with Gasteiger partial charge >= 0.3 is 0 Å². The van der Waals surface area contributed by atoms with E-state index in [9.17, 15) is 9.90 Å². The van der Waals surface area contributed by atoms with Crippen LogP contribution in [0.1, 0.15) is 5.56 Å². The summed E-state index contributed by atoms with van der Waals surface area (Å²) in [6, 6.07) is 4.80. The van der Waals surface area contributed by atoms with Crippen molar-refractivity contribution >= 4 is 17.4 Å². The van der Waals surface area contributed by atoms with E-state index in [0.717, 1.165) is 5.56 Å². The minimum atomic E-state index is -0.134. The number of benzene rings is 1. The molecule has 0 atom stereocenters. The van der Waals surface area contributed by atoms with Crippen LogP contribution in [0.15, 0.2) is 18.2 Å². The maximum Gasteiger partial charge on any atom is 0.298 e. The summed E-state index contributed by atoms with van der Waals surface area (Å²) < 4.78 is 0. The van der Waals surface area contributed by atoms with Crippen molar-refractivity contribution in [1.82, 2.24) is 10.9 Å². The third-order valence-electron chi connectivity index (χ3n) is 2.07. The molecule has 1 aromatic carbocycles. The number of nitrogens with two attached hydrogens (primary N) is 1. The lowest BCUT2D eigenvalue weighted by Gasteiger charge is -2.09. The smallest absolute Gasteiger partial charge is 0.298 e. The first-order valence-corrected chi connectivity index (χ1v) is 4.41. The molecule has 6 N–H and O–H groups in total. The van der Waals surface area contributed by atoms with Crippen LogP contribution in [0.3, 0.4) is 0 Å². The van der Waals surface area contributed by atoms with Gasteiger partial charge < -0.3 is 23.2 Å². The fourth-order valence-corrected chi connectivity index (χ4v) is 1.27. The molecule has 1 amide bonds. The summed E-state index contributed by atoms with van der Waals surface area (Å²) in [4.78, 5) is 13.7. The predicted molar refractivity (Wildman–Crippen MR) is 53.7 cm³/mol. The zero-order valence-corrected chi connectivity index (χ0v) is 9.01. The van der Waals surface area contributed by atoms with Crippen molar-refractivity contribution in [1.29, 1.82) is 0 Å². The largest absolute Gasteiger partial charge is 1.00 e. The van der Waals surface area contributed by atoms with Gasteiger partial charge in [0.05, 0.1) is 11.3 Å². The molecule has 1 aromatic rings. The number of phenols is 1. The van der Waals surface area contributed by atoms with E-state index in [1.807, 2.05) is 0 Å². The second-order valence-corrected chi connectivity index (χ2v) is 3.18. The zero-order chi connectivity index (χ0) is 10.8. The van der Waals surface area contributed by atoms with E-state index < -0.39 is 0 Å². The molecule has 1 heterocycles. The van der Waals surface area contributed by atoms with Gasteiger partial charge in [-0.3, -0.25) is 9.79 Å². The van der Waals surface area contributed by atoms with Gasteiger partial charge in [-0.1, -0.05) is 0 Å². The number of nitrogens with one attached hydrogen (secondary N) is 3. The molecule has 86 valence electrons. The average molecular weight is 243 g/mol. The molecule has 0 spiro atoms. The topological polar surface area (TPSA) is 101 Å². The van der Waals surface area contributed by atoms with Crippen molar-refractivity contribution in [2.45, 2.75) is 0 Å². The average Bonchev–Trinajstić information content (AvgIpc) is 2.23. The number of halogens is 1. The zero-order valence-electron chi connectivity index (χ0n) is 8.25. The van der Waals surface area contributed by atoms with Crippen LogP contribution in [0.2, 0.25) is 0 Å². The van der Waals surface area contributed by atoms with Crippen LogP contribution < -0.4 is 34.0 Å². The molecular weight excluding hydrogens is 232 g/mol. The van der Waals surface area contributed by atoms with Crippen molar-refractivity contribution in [2.24, 2.45) is 0 Å². The number of hydrazine groups is 1. The number of rotatable bonds is 1. The number of amides is 1. The molecule has 1 aliphatic rings. The summed E-state index contributed by atoms with van der Waals surface area (Å²) in [5.74, 6) is 0.561. The molecule has 0 aromatic heterocycles. The number of carbonyl (C=O) groups excluding carboxylic acids is 1. The van der Waals surface area contributed by atoms with Gasteiger partial charge in [0, 0.05) is 0 Å². The third-order valence-corrected chi connectivity index (χ3v) is 2.07. The van der Waals surface area contributed by atoms with Gasteiger partial charge in [-0.25, -0.2) is 0 Å². The summed E-state index contributed by atoms with van der Waals surface area (Å²) in [5, 5.41) is 9.24. The highest BCUT2D eigenvalue weighted by atomic mass is 35.5. The van der Waals surface area contributed by atoms with Crippen molar-refractivity contribution in [3.63, 3.8) is 0 Å². The van der Waals surface area contributed by atoms with Gasteiger partial charge in [-0.2, -0.15) is 10.9 Å². The number of hydrogen-bond acceptors (Lipinski definition) is 4. The van der Waals surface area contributed by atoms with E-state index >= 15 is 0 Å². The first-order chi connectivity index (χ1) is 7.16. The molecular formula is C9H11ClN4O2. The van der Waals surface area contributed by atoms with Crippen molar-refractivity contribution < 1.29 is 27.3 Å². The first-order valence-electron chi connectivity index (χ1n) is 4.41. The molecule has 0 unspecified atom stereocenters. The molecule has 0 bridgehead atoms. The molecule has 6 nitrogen and oxygen atoms in total.